The molecule has 0 fully saturated rings. The Bertz CT molecular complexity index is 1080. The van der Waals surface area contributed by atoms with Gasteiger partial charge in [0.1, 0.15) is 23.1 Å². The Balaban J connectivity index is 1.71. The Morgan fingerprint density at radius 3 is 2.52 bits per heavy atom. The summed E-state index contributed by atoms with van der Waals surface area (Å²) in [7, 11) is -0.634. The molecule has 0 N–H and O–H groups in total. The van der Waals surface area contributed by atoms with E-state index in [-0.39, 0.29) is 24.6 Å². The van der Waals surface area contributed by atoms with E-state index in [1.165, 1.54) is 34.9 Å². The molecule has 0 spiro atoms. The summed E-state index contributed by atoms with van der Waals surface area (Å²) in [6.45, 7) is 2.99. The molecule has 0 saturated carbocycles. The minimum atomic E-state index is -3.72. The Kier molecular flexibility index (Phi) is 8.03. The van der Waals surface area contributed by atoms with E-state index < -0.39 is 10.0 Å². The lowest BCUT2D eigenvalue weighted by molar-refractivity contribution is 0.177. The fourth-order valence-corrected chi connectivity index (χ4v) is 4.98. The Hall–Kier alpha value is -2.46. The van der Waals surface area contributed by atoms with Crippen molar-refractivity contribution in [1.29, 1.82) is 0 Å². The summed E-state index contributed by atoms with van der Waals surface area (Å²) in [6, 6.07) is 14.1. The second kappa shape index (κ2) is 10.7. The fourth-order valence-electron chi connectivity index (χ4n) is 2.89. The number of rotatable bonds is 11. The van der Waals surface area contributed by atoms with E-state index in [1.54, 1.807) is 19.2 Å². The molecular formula is C22H26N2O5S2. The molecule has 3 aromatic rings. The highest BCUT2D eigenvalue weighted by atomic mass is 32.2. The summed E-state index contributed by atoms with van der Waals surface area (Å²) in [4.78, 5) is 4.75. The number of methoxy groups -OCH3 is 2. The van der Waals surface area contributed by atoms with E-state index in [1.807, 2.05) is 36.6 Å². The van der Waals surface area contributed by atoms with Gasteiger partial charge in [0.25, 0.3) is 0 Å². The van der Waals surface area contributed by atoms with Gasteiger partial charge in [-0.15, -0.1) is 11.3 Å². The van der Waals surface area contributed by atoms with Crippen molar-refractivity contribution in [3.8, 4) is 11.5 Å². The van der Waals surface area contributed by atoms with Gasteiger partial charge in [-0.2, -0.15) is 4.31 Å². The Morgan fingerprint density at radius 2 is 1.84 bits per heavy atom. The average Bonchev–Trinajstić information content (AvgIpc) is 3.22. The molecule has 1 aromatic heterocycles. The summed E-state index contributed by atoms with van der Waals surface area (Å²) in [5.41, 5.74) is 1.79. The number of aryl methyl sites for hydroxylation is 1. The Morgan fingerprint density at radius 1 is 1.06 bits per heavy atom. The maximum Gasteiger partial charge on any atom is 0.243 e. The van der Waals surface area contributed by atoms with Crippen LogP contribution in [0.2, 0.25) is 0 Å². The Labute approximate surface area is 187 Å². The largest absolute Gasteiger partial charge is 0.497 e. The van der Waals surface area contributed by atoms with E-state index in [4.69, 9.17) is 14.2 Å². The molecule has 2 aromatic carbocycles. The molecule has 0 saturated heterocycles. The van der Waals surface area contributed by atoms with Crippen LogP contribution in [0.25, 0.3) is 0 Å². The second-order valence-electron chi connectivity index (χ2n) is 6.84. The highest BCUT2D eigenvalue weighted by Gasteiger charge is 2.25. The summed E-state index contributed by atoms with van der Waals surface area (Å²) in [5.74, 6) is 1.38. The van der Waals surface area contributed by atoms with Crippen LogP contribution in [-0.2, 0) is 27.9 Å². The lowest BCUT2D eigenvalue weighted by Gasteiger charge is -2.21. The summed E-state index contributed by atoms with van der Waals surface area (Å²) in [6.07, 6.45) is 0. The van der Waals surface area contributed by atoms with Gasteiger partial charge in [0, 0.05) is 19.0 Å². The monoisotopic (exact) mass is 462 g/mol. The van der Waals surface area contributed by atoms with Crippen molar-refractivity contribution in [1.82, 2.24) is 9.29 Å². The molecule has 0 aliphatic carbocycles. The van der Waals surface area contributed by atoms with Crippen LogP contribution in [0, 0.1) is 6.92 Å². The molecule has 3 rings (SSSR count). The minimum Gasteiger partial charge on any atom is -0.497 e. The zero-order chi connectivity index (χ0) is 22.3. The first kappa shape index (κ1) is 23.2. The first-order chi connectivity index (χ1) is 14.9. The molecule has 0 amide bonds. The second-order valence-corrected chi connectivity index (χ2v) is 9.73. The van der Waals surface area contributed by atoms with Crippen LogP contribution in [0.5, 0.6) is 11.5 Å². The van der Waals surface area contributed by atoms with Crippen LogP contribution in [0.15, 0.2) is 58.8 Å². The number of nitrogens with zero attached hydrogens (tertiary/aromatic N) is 2. The third kappa shape index (κ3) is 6.27. The van der Waals surface area contributed by atoms with Crippen molar-refractivity contribution in [3.05, 3.63) is 70.2 Å². The molecule has 7 nitrogen and oxygen atoms in total. The number of hydrogen-bond donors (Lipinski definition) is 0. The van der Waals surface area contributed by atoms with Gasteiger partial charge in [-0.05, 0) is 48.9 Å². The third-order valence-electron chi connectivity index (χ3n) is 4.53. The van der Waals surface area contributed by atoms with Crippen LogP contribution >= 0.6 is 11.3 Å². The number of sulfonamides is 1. The summed E-state index contributed by atoms with van der Waals surface area (Å²) >= 11 is 1.44. The normalized spacial score (nSPS) is 11.6. The number of benzene rings is 2. The summed E-state index contributed by atoms with van der Waals surface area (Å²) in [5, 5.41) is 2.64. The highest BCUT2D eigenvalue weighted by Crippen LogP contribution is 2.22. The molecular weight excluding hydrogens is 436 g/mol. The van der Waals surface area contributed by atoms with E-state index in [9.17, 15) is 8.42 Å². The van der Waals surface area contributed by atoms with Crippen LogP contribution < -0.4 is 9.47 Å². The third-order valence-corrected chi connectivity index (χ3v) is 7.26. The van der Waals surface area contributed by atoms with Gasteiger partial charge in [-0.3, -0.25) is 0 Å². The van der Waals surface area contributed by atoms with Crippen LogP contribution in [0.3, 0.4) is 0 Å². The van der Waals surface area contributed by atoms with E-state index >= 15 is 0 Å². The first-order valence-electron chi connectivity index (χ1n) is 9.68. The predicted molar refractivity (Wildman–Crippen MR) is 120 cm³/mol. The predicted octanol–water partition coefficient (Wildman–Crippen LogP) is 3.88. The van der Waals surface area contributed by atoms with E-state index in [0.717, 1.165) is 16.3 Å². The molecule has 166 valence electrons. The molecule has 0 aliphatic heterocycles. The van der Waals surface area contributed by atoms with E-state index in [0.29, 0.717) is 18.1 Å². The van der Waals surface area contributed by atoms with Gasteiger partial charge in [0.2, 0.25) is 10.0 Å². The standard InChI is InChI=1S/C22H26N2O5S2/c1-17-5-4-6-20(13-17)29-15-22-23-18(16-30-22)14-24(11-12-27-2)31(25,26)21-9-7-19(28-3)8-10-21/h4-10,13,16H,11-12,14-15H2,1-3H3. The molecule has 0 aliphatic rings. The maximum atomic E-state index is 13.2. The number of thiazole rings is 1. The van der Waals surface area contributed by atoms with Gasteiger partial charge < -0.3 is 14.2 Å². The summed E-state index contributed by atoms with van der Waals surface area (Å²) < 4.78 is 43.8. The first-order valence-corrected chi connectivity index (χ1v) is 12.0. The highest BCUT2D eigenvalue weighted by molar-refractivity contribution is 7.89. The zero-order valence-corrected chi connectivity index (χ0v) is 19.4. The smallest absolute Gasteiger partial charge is 0.243 e. The molecule has 9 heteroatoms. The lowest BCUT2D eigenvalue weighted by atomic mass is 10.2. The number of ether oxygens (including phenoxy) is 3. The molecule has 1 heterocycles. The number of hydrogen-bond acceptors (Lipinski definition) is 7. The average molecular weight is 463 g/mol. The van der Waals surface area contributed by atoms with Crippen LogP contribution in [-0.4, -0.2) is 45.1 Å². The molecule has 31 heavy (non-hydrogen) atoms. The fraction of sp³-hybridized carbons (Fsp3) is 0.318. The van der Waals surface area contributed by atoms with Crippen molar-refractivity contribution in [2.45, 2.75) is 25.0 Å². The molecule has 0 radical (unpaired) electrons. The van der Waals surface area contributed by atoms with Crippen molar-refractivity contribution >= 4 is 21.4 Å². The van der Waals surface area contributed by atoms with Gasteiger partial charge in [0.15, 0.2) is 0 Å². The number of aromatic nitrogens is 1. The van der Waals surface area contributed by atoms with Crippen LogP contribution in [0.4, 0.5) is 0 Å². The lowest BCUT2D eigenvalue weighted by Crippen LogP contribution is -2.33. The van der Waals surface area contributed by atoms with Gasteiger partial charge in [-0.1, -0.05) is 12.1 Å². The van der Waals surface area contributed by atoms with E-state index in [2.05, 4.69) is 4.98 Å². The van der Waals surface area contributed by atoms with Crippen molar-refractivity contribution in [2.75, 3.05) is 27.4 Å². The van der Waals surface area contributed by atoms with Gasteiger partial charge in [-0.25, -0.2) is 13.4 Å². The van der Waals surface area contributed by atoms with Crippen molar-refractivity contribution in [3.63, 3.8) is 0 Å². The van der Waals surface area contributed by atoms with Crippen molar-refractivity contribution < 1.29 is 22.6 Å². The quantitative estimate of drug-likeness (QED) is 0.430. The topological polar surface area (TPSA) is 78.0 Å². The molecule has 0 bridgehead atoms. The zero-order valence-electron chi connectivity index (χ0n) is 17.8. The minimum absolute atomic E-state index is 0.151. The van der Waals surface area contributed by atoms with Crippen molar-refractivity contribution in [2.24, 2.45) is 0 Å². The van der Waals surface area contributed by atoms with Crippen LogP contribution in [0.1, 0.15) is 16.3 Å². The molecule has 0 unspecified atom stereocenters. The van der Waals surface area contributed by atoms with Gasteiger partial charge >= 0.3 is 0 Å². The maximum absolute atomic E-state index is 13.2. The molecule has 0 atom stereocenters. The van der Waals surface area contributed by atoms with Gasteiger partial charge in [0.05, 0.1) is 30.9 Å². The SMILES string of the molecule is COCCN(Cc1csc(COc2cccc(C)c2)n1)S(=O)(=O)c1ccc(OC)cc1.